The van der Waals surface area contributed by atoms with Gasteiger partial charge in [0, 0.05) is 24.1 Å². The first-order valence-electron chi connectivity index (χ1n) is 10.7. The van der Waals surface area contributed by atoms with Gasteiger partial charge in [-0.05, 0) is 31.0 Å². The molecular formula is C22H20F3N5O3. The molecule has 3 aromatic rings. The molecule has 3 aliphatic rings. The zero-order chi connectivity index (χ0) is 22.7. The lowest BCUT2D eigenvalue weighted by atomic mass is 10.1. The molecule has 1 spiro atoms. The van der Waals surface area contributed by atoms with Gasteiger partial charge in [-0.25, -0.2) is 22.7 Å². The molecule has 4 heterocycles. The molecule has 1 aromatic carbocycles. The van der Waals surface area contributed by atoms with Gasteiger partial charge in [-0.1, -0.05) is 0 Å². The van der Waals surface area contributed by atoms with Crippen LogP contribution in [0.3, 0.4) is 0 Å². The van der Waals surface area contributed by atoms with E-state index in [1.807, 2.05) is 0 Å². The molecule has 33 heavy (non-hydrogen) atoms. The van der Waals surface area contributed by atoms with E-state index in [0.717, 1.165) is 12.8 Å². The molecule has 1 atom stereocenters. The summed E-state index contributed by atoms with van der Waals surface area (Å²) in [6, 6.07) is 2.75. The molecule has 6 rings (SSSR count). The highest BCUT2D eigenvalue weighted by Gasteiger charge is 2.44. The molecule has 0 saturated heterocycles. The van der Waals surface area contributed by atoms with E-state index in [0.29, 0.717) is 24.3 Å². The molecule has 1 amide bonds. The highest BCUT2D eigenvalue weighted by atomic mass is 19.3. The van der Waals surface area contributed by atoms with Gasteiger partial charge in [-0.2, -0.15) is 5.10 Å². The standard InChI is InChI=1S/C22H20F3N5O3/c23-13-1-2-16-12(7-13)9-29-15(18(24)25)11-33-17-10-30-19(27-20(17)29)14(8-26-30)21(31)28-22(3-4-22)5-6-32-16/h1-2,7-8,10,15,18H,3-6,9,11H2,(H,28,31). The second-order valence-corrected chi connectivity index (χ2v) is 8.68. The highest BCUT2D eigenvalue weighted by molar-refractivity contribution is 6.00. The first-order valence-corrected chi connectivity index (χ1v) is 10.7. The Hall–Kier alpha value is -3.50. The van der Waals surface area contributed by atoms with Crippen LogP contribution in [-0.2, 0) is 6.54 Å². The number of rotatable bonds is 1. The van der Waals surface area contributed by atoms with Crippen LogP contribution >= 0.6 is 0 Å². The van der Waals surface area contributed by atoms with Crippen LogP contribution in [0.1, 0.15) is 35.2 Å². The molecule has 0 radical (unpaired) electrons. The van der Waals surface area contributed by atoms with E-state index in [-0.39, 0.29) is 47.4 Å². The summed E-state index contributed by atoms with van der Waals surface area (Å²) in [5.74, 6) is -0.0278. The van der Waals surface area contributed by atoms with Gasteiger partial charge in [-0.15, -0.1) is 0 Å². The molecule has 2 aliphatic heterocycles. The van der Waals surface area contributed by atoms with Gasteiger partial charge in [0.1, 0.15) is 29.8 Å². The Morgan fingerprint density at radius 3 is 2.82 bits per heavy atom. The Bertz CT molecular complexity index is 1260. The van der Waals surface area contributed by atoms with Crippen LogP contribution < -0.4 is 19.7 Å². The molecular weight excluding hydrogens is 439 g/mol. The minimum atomic E-state index is -2.74. The average Bonchev–Trinajstić information content (AvgIpc) is 3.40. The number of hydrogen-bond acceptors (Lipinski definition) is 6. The van der Waals surface area contributed by atoms with Crippen LogP contribution in [0.4, 0.5) is 19.0 Å². The predicted octanol–water partition coefficient (Wildman–Crippen LogP) is 2.95. The monoisotopic (exact) mass is 459 g/mol. The minimum absolute atomic E-state index is 0.0670. The average molecular weight is 459 g/mol. The molecule has 2 bridgehead atoms. The SMILES string of the molecule is O=C1NC2(CCOc3ccc(F)cc3CN3c4nc5c1cnn5cc4OCC3C(F)F)CC2. The van der Waals surface area contributed by atoms with E-state index in [1.54, 1.807) is 0 Å². The van der Waals surface area contributed by atoms with Crippen molar-refractivity contribution in [1.82, 2.24) is 19.9 Å². The molecule has 1 aliphatic carbocycles. The number of fused-ring (bicyclic) bond motifs is 1. The van der Waals surface area contributed by atoms with E-state index in [1.165, 1.54) is 40.0 Å². The van der Waals surface area contributed by atoms with Gasteiger partial charge >= 0.3 is 0 Å². The number of nitrogens with zero attached hydrogens (tertiary/aromatic N) is 4. The van der Waals surface area contributed by atoms with Crippen molar-refractivity contribution in [1.29, 1.82) is 0 Å². The van der Waals surface area contributed by atoms with Crippen molar-refractivity contribution < 1.29 is 27.4 Å². The number of alkyl halides is 2. The Kier molecular flexibility index (Phi) is 4.43. The van der Waals surface area contributed by atoms with Crippen LogP contribution in [-0.4, -0.2) is 51.7 Å². The van der Waals surface area contributed by atoms with Crippen LogP contribution in [0.15, 0.2) is 30.6 Å². The first-order chi connectivity index (χ1) is 15.9. The lowest BCUT2D eigenvalue weighted by Crippen LogP contribution is -2.48. The third-order valence-corrected chi connectivity index (χ3v) is 6.49. The third-order valence-electron chi connectivity index (χ3n) is 6.49. The molecule has 11 heteroatoms. The summed E-state index contributed by atoms with van der Waals surface area (Å²) in [4.78, 5) is 18.9. The zero-order valence-electron chi connectivity index (χ0n) is 17.4. The predicted molar refractivity (Wildman–Crippen MR) is 110 cm³/mol. The number of carbonyl (C=O) groups is 1. The molecule has 172 valence electrons. The van der Waals surface area contributed by atoms with E-state index < -0.39 is 18.3 Å². The van der Waals surface area contributed by atoms with Crippen LogP contribution in [0.25, 0.3) is 5.65 Å². The van der Waals surface area contributed by atoms with Crippen molar-refractivity contribution in [3.63, 3.8) is 0 Å². The lowest BCUT2D eigenvalue weighted by molar-refractivity contribution is 0.0765. The fourth-order valence-corrected chi connectivity index (χ4v) is 4.43. The molecule has 1 fully saturated rings. The largest absolute Gasteiger partial charge is 0.493 e. The maximum Gasteiger partial charge on any atom is 0.261 e. The smallest absolute Gasteiger partial charge is 0.261 e. The molecule has 1 saturated carbocycles. The van der Waals surface area contributed by atoms with E-state index >= 15 is 0 Å². The van der Waals surface area contributed by atoms with Gasteiger partial charge in [0.25, 0.3) is 12.3 Å². The number of ether oxygens (including phenoxy) is 2. The van der Waals surface area contributed by atoms with E-state index in [9.17, 15) is 18.0 Å². The van der Waals surface area contributed by atoms with Gasteiger partial charge in [0.05, 0.1) is 19.0 Å². The second kappa shape index (κ2) is 7.26. The van der Waals surface area contributed by atoms with Gasteiger partial charge < -0.3 is 19.7 Å². The molecule has 1 unspecified atom stereocenters. The van der Waals surface area contributed by atoms with Crippen molar-refractivity contribution in [2.24, 2.45) is 0 Å². The van der Waals surface area contributed by atoms with Gasteiger partial charge in [0.15, 0.2) is 17.2 Å². The summed E-state index contributed by atoms with van der Waals surface area (Å²) in [6.45, 7) is -0.0541. The van der Waals surface area contributed by atoms with Crippen molar-refractivity contribution in [2.45, 2.75) is 43.8 Å². The quantitative estimate of drug-likeness (QED) is 0.603. The fraction of sp³-hybridized carbons (Fsp3) is 0.409. The summed E-state index contributed by atoms with van der Waals surface area (Å²) in [5.41, 5.74) is 0.528. The number of benzene rings is 1. The van der Waals surface area contributed by atoms with Crippen molar-refractivity contribution in [3.8, 4) is 11.5 Å². The van der Waals surface area contributed by atoms with Crippen molar-refractivity contribution in [2.75, 3.05) is 18.1 Å². The number of anilines is 1. The summed E-state index contributed by atoms with van der Waals surface area (Å²) in [5, 5.41) is 7.25. The van der Waals surface area contributed by atoms with Crippen LogP contribution in [0, 0.1) is 5.82 Å². The van der Waals surface area contributed by atoms with E-state index in [2.05, 4.69) is 15.4 Å². The summed E-state index contributed by atoms with van der Waals surface area (Å²) in [7, 11) is 0. The summed E-state index contributed by atoms with van der Waals surface area (Å²) in [6.07, 6.45) is 2.38. The molecule has 8 nitrogen and oxygen atoms in total. The van der Waals surface area contributed by atoms with Crippen molar-refractivity contribution >= 4 is 17.4 Å². The summed E-state index contributed by atoms with van der Waals surface area (Å²) < 4.78 is 55.0. The number of halogens is 3. The van der Waals surface area contributed by atoms with Crippen LogP contribution in [0.5, 0.6) is 11.5 Å². The first kappa shape index (κ1) is 20.1. The topological polar surface area (TPSA) is 81.0 Å². The van der Waals surface area contributed by atoms with Gasteiger partial charge in [0.2, 0.25) is 0 Å². The summed E-state index contributed by atoms with van der Waals surface area (Å²) >= 11 is 0. The van der Waals surface area contributed by atoms with Gasteiger partial charge in [-0.3, -0.25) is 4.79 Å². The number of carbonyl (C=O) groups excluding carboxylic acids is 1. The van der Waals surface area contributed by atoms with Crippen molar-refractivity contribution in [3.05, 3.63) is 47.5 Å². The zero-order valence-corrected chi connectivity index (χ0v) is 17.4. The lowest BCUT2D eigenvalue weighted by Gasteiger charge is -2.37. The number of hydrogen-bond donors (Lipinski definition) is 1. The third kappa shape index (κ3) is 3.42. The minimum Gasteiger partial charge on any atom is -0.493 e. The van der Waals surface area contributed by atoms with Crippen LogP contribution in [0.2, 0.25) is 0 Å². The molecule has 2 aromatic heterocycles. The Labute approximate surface area is 186 Å². The number of amides is 1. The van der Waals surface area contributed by atoms with E-state index in [4.69, 9.17) is 9.47 Å². The second-order valence-electron chi connectivity index (χ2n) is 8.68. The Morgan fingerprint density at radius 1 is 1.18 bits per heavy atom. The number of nitrogens with one attached hydrogen (secondary N) is 1. The fourth-order valence-electron chi connectivity index (χ4n) is 4.43. The number of aromatic nitrogens is 3. The molecule has 1 N–H and O–H groups in total. The normalized spacial score (nSPS) is 21.4. The highest BCUT2D eigenvalue weighted by Crippen LogP contribution is 2.41. The maximum absolute atomic E-state index is 14.1. The Morgan fingerprint density at radius 2 is 2.03 bits per heavy atom. The Balaban J connectivity index is 1.53. The maximum atomic E-state index is 14.1.